The fourth-order valence-electron chi connectivity index (χ4n) is 4.07. The SMILES string of the molecule is C[CH](CC#N)[Ge]([CH2]c1ccccc1)([CH2]c1ccccc1)[CH2]c1ccccc1. The fraction of sp³-hybridized carbons (Fsp3) is 0.240. The van der Waals surface area contributed by atoms with Crippen LogP contribution in [-0.2, 0) is 15.8 Å². The first-order valence-corrected chi connectivity index (χ1v) is 15.4. The number of nitriles is 1. The molecule has 1 atom stereocenters. The first-order valence-electron chi connectivity index (χ1n) is 9.70. The van der Waals surface area contributed by atoms with Gasteiger partial charge in [-0.15, -0.1) is 0 Å². The molecule has 1 unspecified atom stereocenters. The first kappa shape index (κ1) is 19.5. The average molecular weight is 414 g/mol. The summed E-state index contributed by atoms with van der Waals surface area (Å²) < 4.78 is 0.482. The van der Waals surface area contributed by atoms with Crippen molar-refractivity contribution in [3.63, 3.8) is 0 Å². The van der Waals surface area contributed by atoms with Crippen molar-refractivity contribution < 1.29 is 0 Å². The van der Waals surface area contributed by atoms with E-state index < -0.39 is 13.3 Å². The maximum absolute atomic E-state index is 9.48. The van der Waals surface area contributed by atoms with Crippen LogP contribution in [0.5, 0.6) is 0 Å². The van der Waals surface area contributed by atoms with E-state index in [1.165, 1.54) is 16.7 Å². The Balaban J connectivity index is 2.02. The average Bonchev–Trinajstić information content (AvgIpc) is 2.70. The summed E-state index contributed by atoms with van der Waals surface area (Å²) in [6, 6.07) is 35.1. The number of benzene rings is 3. The zero-order valence-corrected chi connectivity index (χ0v) is 18.1. The van der Waals surface area contributed by atoms with E-state index in [-0.39, 0.29) is 0 Å². The van der Waals surface area contributed by atoms with Gasteiger partial charge in [-0.05, 0) is 0 Å². The van der Waals surface area contributed by atoms with Crippen LogP contribution in [0.2, 0.25) is 4.75 Å². The molecule has 2 heteroatoms. The summed E-state index contributed by atoms with van der Waals surface area (Å²) in [6.45, 7) is 2.33. The van der Waals surface area contributed by atoms with Crippen molar-refractivity contribution in [1.29, 1.82) is 5.26 Å². The minimum atomic E-state index is -2.52. The molecule has 0 aliphatic rings. The van der Waals surface area contributed by atoms with Gasteiger partial charge in [0.05, 0.1) is 0 Å². The predicted molar refractivity (Wildman–Crippen MR) is 116 cm³/mol. The third kappa shape index (κ3) is 5.34. The number of hydrogen-bond donors (Lipinski definition) is 0. The second kappa shape index (κ2) is 9.58. The summed E-state index contributed by atoms with van der Waals surface area (Å²) in [6.07, 6.45) is 0.659. The second-order valence-electron chi connectivity index (χ2n) is 7.61. The Kier molecular flexibility index (Phi) is 6.90. The van der Waals surface area contributed by atoms with Crippen LogP contribution in [0.3, 0.4) is 0 Å². The van der Waals surface area contributed by atoms with Crippen LogP contribution in [0.4, 0.5) is 0 Å². The summed E-state index contributed by atoms with van der Waals surface area (Å²) >= 11 is -2.52. The van der Waals surface area contributed by atoms with Gasteiger partial charge in [-0.3, -0.25) is 0 Å². The predicted octanol–water partition coefficient (Wildman–Crippen LogP) is 6.08. The fourth-order valence-corrected chi connectivity index (χ4v) is 14.8. The van der Waals surface area contributed by atoms with Gasteiger partial charge in [-0.1, -0.05) is 0 Å². The molecule has 0 saturated carbocycles. The molecule has 27 heavy (non-hydrogen) atoms. The molecule has 0 aliphatic heterocycles. The van der Waals surface area contributed by atoms with Crippen LogP contribution in [0.15, 0.2) is 91.0 Å². The van der Waals surface area contributed by atoms with Gasteiger partial charge in [-0.2, -0.15) is 0 Å². The van der Waals surface area contributed by atoms with Gasteiger partial charge in [0.1, 0.15) is 0 Å². The van der Waals surface area contributed by atoms with Crippen LogP contribution in [0.25, 0.3) is 0 Å². The van der Waals surface area contributed by atoms with Crippen molar-refractivity contribution in [3.05, 3.63) is 108 Å². The van der Waals surface area contributed by atoms with Crippen LogP contribution in [0.1, 0.15) is 30.0 Å². The maximum atomic E-state index is 9.48. The summed E-state index contributed by atoms with van der Waals surface area (Å²) in [7, 11) is 0. The van der Waals surface area contributed by atoms with Gasteiger partial charge in [0.25, 0.3) is 0 Å². The Bertz CT molecular complexity index is 752. The molecule has 3 aromatic carbocycles. The standard InChI is InChI=1S/C25H27GeN/c1-22(17-18-27)26(19-23-11-5-2-6-12-23,20-24-13-7-3-8-14-24)21-25-15-9-4-10-16-25/h2-16,22H,17,19-21H2,1H3. The van der Waals surface area contributed by atoms with Crippen molar-refractivity contribution in [2.75, 3.05) is 0 Å². The van der Waals surface area contributed by atoms with Crippen LogP contribution < -0.4 is 0 Å². The molecule has 0 amide bonds. The first-order chi connectivity index (χ1) is 13.2. The molecule has 0 aliphatic carbocycles. The van der Waals surface area contributed by atoms with Crippen LogP contribution >= 0.6 is 0 Å². The molecule has 0 aromatic heterocycles. The van der Waals surface area contributed by atoms with Gasteiger partial charge in [0.15, 0.2) is 0 Å². The minimum absolute atomic E-state index is 0.482. The van der Waals surface area contributed by atoms with E-state index in [0.29, 0.717) is 11.2 Å². The summed E-state index contributed by atoms with van der Waals surface area (Å²) in [5, 5.41) is 13.0. The van der Waals surface area contributed by atoms with Crippen LogP contribution in [-0.4, -0.2) is 13.3 Å². The van der Waals surface area contributed by atoms with Crippen LogP contribution in [0, 0.1) is 11.3 Å². The number of hydrogen-bond acceptors (Lipinski definition) is 1. The van der Waals surface area contributed by atoms with Crippen molar-refractivity contribution >= 4 is 13.3 Å². The van der Waals surface area contributed by atoms with Gasteiger partial charge in [0.2, 0.25) is 0 Å². The molecule has 0 saturated heterocycles. The zero-order chi connectivity index (χ0) is 19.0. The quantitative estimate of drug-likeness (QED) is 0.410. The third-order valence-corrected chi connectivity index (χ3v) is 17.5. The Morgan fingerprint density at radius 3 is 1.30 bits per heavy atom. The molecule has 0 N–H and O–H groups in total. The van der Waals surface area contributed by atoms with Gasteiger partial charge < -0.3 is 0 Å². The Morgan fingerprint density at radius 1 is 0.667 bits per heavy atom. The second-order valence-corrected chi connectivity index (χ2v) is 17.6. The van der Waals surface area contributed by atoms with E-state index in [0.717, 1.165) is 15.8 Å². The normalized spacial score (nSPS) is 12.3. The topological polar surface area (TPSA) is 23.8 Å². The van der Waals surface area contributed by atoms with Gasteiger partial charge >= 0.3 is 166 Å². The summed E-state index contributed by atoms with van der Waals surface area (Å²) in [5.74, 6) is 0. The molecule has 136 valence electrons. The third-order valence-electron chi connectivity index (χ3n) is 5.64. The molecule has 3 aromatic rings. The van der Waals surface area contributed by atoms with E-state index in [1.807, 2.05) is 0 Å². The zero-order valence-electron chi connectivity index (χ0n) is 16.0. The van der Waals surface area contributed by atoms with E-state index in [2.05, 4.69) is 104 Å². The van der Waals surface area contributed by atoms with Crippen molar-refractivity contribution in [3.8, 4) is 6.07 Å². The Labute approximate surface area is 166 Å². The Morgan fingerprint density at radius 2 is 1.00 bits per heavy atom. The number of nitrogens with zero attached hydrogens (tertiary/aromatic N) is 1. The molecule has 3 rings (SSSR count). The molecule has 0 radical (unpaired) electrons. The van der Waals surface area contributed by atoms with Crippen molar-refractivity contribution in [2.45, 2.75) is 33.9 Å². The summed E-state index contributed by atoms with van der Waals surface area (Å²) in [5.41, 5.74) is 4.28. The molecular formula is C25H27GeN. The molecule has 0 bridgehead atoms. The van der Waals surface area contributed by atoms with Crippen molar-refractivity contribution in [1.82, 2.24) is 0 Å². The molecule has 0 spiro atoms. The molecule has 1 nitrogen and oxygen atoms in total. The van der Waals surface area contributed by atoms with E-state index >= 15 is 0 Å². The molecular weight excluding hydrogens is 387 g/mol. The molecule has 0 heterocycles. The van der Waals surface area contributed by atoms with Gasteiger partial charge in [-0.25, -0.2) is 0 Å². The summed E-state index contributed by atoms with van der Waals surface area (Å²) in [4.78, 5) is 0. The van der Waals surface area contributed by atoms with Crippen molar-refractivity contribution in [2.24, 2.45) is 0 Å². The Hall–Kier alpha value is -2.31. The number of rotatable bonds is 8. The van der Waals surface area contributed by atoms with Gasteiger partial charge in [0, 0.05) is 0 Å². The molecule has 0 fully saturated rings. The van der Waals surface area contributed by atoms with E-state index in [9.17, 15) is 5.26 Å². The van der Waals surface area contributed by atoms with E-state index in [1.54, 1.807) is 0 Å². The van der Waals surface area contributed by atoms with E-state index in [4.69, 9.17) is 0 Å². The monoisotopic (exact) mass is 415 g/mol.